The van der Waals surface area contributed by atoms with Gasteiger partial charge in [-0.15, -0.1) is 0 Å². The molecule has 1 fully saturated rings. The Kier molecular flexibility index (Phi) is 4.94. The second-order valence-electron chi connectivity index (χ2n) is 7.53. The zero-order valence-corrected chi connectivity index (χ0v) is 15.9. The van der Waals surface area contributed by atoms with Crippen molar-refractivity contribution < 1.29 is 13.7 Å². The van der Waals surface area contributed by atoms with E-state index in [1.165, 1.54) is 17.7 Å². The van der Waals surface area contributed by atoms with Crippen LogP contribution in [0.1, 0.15) is 49.1 Å². The van der Waals surface area contributed by atoms with Crippen molar-refractivity contribution in [2.45, 2.75) is 38.6 Å². The summed E-state index contributed by atoms with van der Waals surface area (Å²) in [5, 5.41) is 3.98. The lowest BCUT2D eigenvalue weighted by molar-refractivity contribution is -0.128. The Morgan fingerprint density at radius 3 is 2.54 bits per heavy atom. The van der Waals surface area contributed by atoms with E-state index in [-0.39, 0.29) is 17.6 Å². The Morgan fingerprint density at radius 1 is 1.14 bits per heavy atom. The highest BCUT2D eigenvalue weighted by molar-refractivity contribution is 5.79. The highest BCUT2D eigenvalue weighted by Gasteiger charge is 2.34. The summed E-state index contributed by atoms with van der Waals surface area (Å²) >= 11 is 0. The van der Waals surface area contributed by atoms with E-state index in [4.69, 9.17) is 4.52 Å². The van der Waals surface area contributed by atoms with E-state index < -0.39 is 0 Å². The fourth-order valence-electron chi connectivity index (χ4n) is 3.44. The van der Waals surface area contributed by atoms with Gasteiger partial charge >= 0.3 is 0 Å². The molecule has 144 valence electrons. The SMILES string of the molecule is CC(C)c1ccc(CN2CC(c3nc(-c4ccc(F)cc4)no3)CC2=O)cc1. The molecule has 2 aromatic carbocycles. The maximum absolute atomic E-state index is 13.1. The molecule has 1 atom stereocenters. The van der Waals surface area contributed by atoms with Crippen molar-refractivity contribution in [3.8, 4) is 11.4 Å². The lowest BCUT2D eigenvalue weighted by Gasteiger charge is -2.16. The topological polar surface area (TPSA) is 59.2 Å². The molecule has 6 heteroatoms. The van der Waals surface area contributed by atoms with Crippen molar-refractivity contribution in [1.82, 2.24) is 15.0 Å². The molecule has 0 N–H and O–H groups in total. The molecule has 28 heavy (non-hydrogen) atoms. The summed E-state index contributed by atoms with van der Waals surface area (Å²) < 4.78 is 18.5. The number of halogens is 1. The van der Waals surface area contributed by atoms with Gasteiger partial charge in [-0.1, -0.05) is 43.3 Å². The van der Waals surface area contributed by atoms with Crippen LogP contribution in [0.3, 0.4) is 0 Å². The van der Waals surface area contributed by atoms with Crippen LogP contribution in [0.4, 0.5) is 4.39 Å². The molecule has 5 nitrogen and oxygen atoms in total. The Balaban J connectivity index is 1.44. The molecule has 1 aromatic heterocycles. The minimum Gasteiger partial charge on any atom is -0.339 e. The molecule has 0 spiro atoms. The minimum atomic E-state index is -0.314. The Bertz CT molecular complexity index is 964. The van der Waals surface area contributed by atoms with Crippen LogP contribution in [0.5, 0.6) is 0 Å². The first-order valence-corrected chi connectivity index (χ1v) is 9.46. The third kappa shape index (κ3) is 3.81. The van der Waals surface area contributed by atoms with Crippen LogP contribution in [0.2, 0.25) is 0 Å². The van der Waals surface area contributed by atoms with E-state index in [1.807, 2.05) is 4.90 Å². The molecule has 4 rings (SSSR count). The first-order chi connectivity index (χ1) is 13.5. The van der Waals surface area contributed by atoms with Crippen molar-refractivity contribution >= 4 is 5.91 Å². The van der Waals surface area contributed by atoms with Gasteiger partial charge < -0.3 is 9.42 Å². The van der Waals surface area contributed by atoms with Crippen LogP contribution in [0.25, 0.3) is 11.4 Å². The van der Waals surface area contributed by atoms with Gasteiger partial charge in [-0.2, -0.15) is 4.98 Å². The third-order valence-electron chi connectivity index (χ3n) is 5.13. The van der Waals surface area contributed by atoms with Gasteiger partial charge in [-0.3, -0.25) is 4.79 Å². The number of carbonyl (C=O) groups is 1. The van der Waals surface area contributed by atoms with Gasteiger partial charge in [0, 0.05) is 25.1 Å². The molecule has 1 saturated heterocycles. The first-order valence-electron chi connectivity index (χ1n) is 9.46. The number of hydrogen-bond donors (Lipinski definition) is 0. The van der Waals surface area contributed by atoms with Crippen molar-refractivity contribution in [3.63, 3.8) is 0 Å². The Hall–Kier alpha value is -3.02. The van der Waals surface area contributed by atoms with Crippen LogP contribution in [0, 0.1) is 5.82 Å². The average molecular weight is 379 g/mol. The number of nitrogens with zero attached hydrogens (tertiary/aromatic N) is 3. The van der Waals surface area contributed by atoms with Gasteiger partial charge in [0.25, 0.3) is 0 Å². The molecule has 1 aliphatic rings. The standard InChI is InChI=1S/C22H22FN3O2/c1-14(2)16-5-3-15(4-6-16)12-26-13-18(11-20(26)27)22-24-21(25-28-22)17-7-9-19(23)10-8-17/h3-10,14,18H,11-13H2,1-2H3. The van der Waals surface area contributed by atoms with E-state index in [2.05, 4.69) is 48.3 Å². The van der Waals surface area contributed by atoms with Crippen LogP contribution in [0.15, 0.2) is 53.1 Å². The first kappa shape index (κ1) is 18.3. The summed E-state index contributed by atoms with van der Waals surface area (Å²) in [7, 11) is 0. The molecule has 1 aliphatic heterocycles. The quantitative estimate of drug-likeness (QED) is 0.654. The molecular formula is C22H22FN3O2. The van der Waals surface area contributed by atoms with E-state index in [0.29, 0.717) is 42.7 Å². The smallest absolute Gasteiger partial charge is 0.232 e. The van der Waals surface area contributed by atoms with E-state index >= 15 is 0 Å². The lowest BCUT2D eigenvalue weighted by atomic mass is 10.0. The van der Waals surface area contributed by atoms with E-state index in [9.17, 15) is 9.18 Å². The molecule has 0 saturated carbocycles. The summed E-state index contributed by atoms with van der Waals surface area (Å²) in [5.41, 5.74) is 3.08. The summed E-state index contributed by atoms with van der Waals surface area (Å²) in [6.45, 7) is 5.45. The number of carbonyl (C=O) groups excluding carboxylic acids is 1. The van der Waals surface area contributed by atoms with Gasteiger partial charge in [-0.25, -0.2) is 4.39 Å². The molecule has 1 amide bonds. The number of benzene rings is 2. The van der Waals surface area contributed by atoms with Gasteiger partial charge in [0.1, 0.15) is 5.82 Å². The molecular weight excluding hydrogens is 357 g/mol. The monoisotopic (exact) mass is 379 g/mol. The second-order valence-corrected chi connectivity index (χ2v) is 7.53. The molecule has 2 heterocycles. The summed E-state index contributed by atoms with van der Waals surface area (Å²) in [5.74, 6) is 0.990. The van der Waals surface area contributed by atoms with Crippen molar-refractivity contribution in [3.05, 3.63) is 71.4 Å². The predicted molar refractivity (Wildman–Crippen MR) is 103 cm³/mol. The average Bonchev–Trinajstić information content (AvgIpc) is 3.30. The van der Waals surface area contributed by atoms with Gasteiger partial charge in [0.05, 0.1) is 5.92 Å². The van der Waals surface area contributed by atoms with E-state index in [0.717, 1.165) is 5.56 Å². The van der Waals surface area contributed by atoms with Crippen molar-refractivity contribution in [1.29, 1.82) is 0 Å². The third-order valence-corrected chi connectivity index (χ3v) is 5.13. The highest BCUT2D eigenvalue weighted by Crippen LogP contribution is 2.30. The molecule has 3 aromatic rings. The lowest BCUT2D eigenvalue weighted by Crippen LogP contribution is -2.24. The van der Waals surface area contributed by atoms with Gasteiger partial charge in [0.15, 0.2) is 0 Å². The summed E-state index contributed by atoms with van der Waals surface area (Å²) in [6.07, 6.45) is 0.356. The Labute approximate surface area is 163 Å². The maximum atomic E-state index is 13.1. The molecule has 0 aliphatic carbocycles. The number of aromatic nitrogens is 2. The number of amides is 1. The minimum absolute atomic E-state index is 0.0828. The number of rotatable bonds is 5. The normalized spacial score (nSPS) is 16.9. The molecule has 0 bridgehead atoms. The van der Waals surface area contributed by atoms with Crippen LogP contribution >= 0.6 is 0 Å². The fourth-order valence-corrected chi connectivity index (χ4v) is 3.44. The van der Waals surface area contributed by atoms with Crippen LogP contribution in [-0.2, 0) is 11.3 Å². The molecule has 1 unspecified atom stereocenters. The summed E-state index contributed by atoms with van der Waals surface area (Å²) in [4.78, 5) is 18.7. The predicted octanol–water partition coefficient (Wildman–Crippen LogP) is 4.52. The fraction of sp³-hybridized carbons (Fsp3) is 0.318. The largest absolute Gasteiger partial charge is 0.339 e. The molecule has 0 radical (unpaired) electrons. The summed E-state index contributed by atoms with van der Waals surface area (Å²) in [6, 6.07) is 14.3. The Morgan fingerprint density at radius 2 is 1.86 bits per heavy atom. The van der Waals surface area contributed by atoms with Crippen LogP contribution in [-0.4, -0.2) is 27.5 Å². The number of hydrogen-bond acceptors (Lipinski definition) is 4. The van der Waals surface area contributed by atoms with Crippen molar-refractivity contribution in [2.75, 3.05) is 6.54 Å². The highest BCUT2D eigenvalue weighted by atomic mass is 19.1. The van der Waals surface area contributed by atoms with Gasteiger partial charge in [-0.05, 0) is 41.3 Å². The second kappa shape index (κ2) is 7.54. The maximum Gasteiger partial charge on any atom is 0.232 e. The zero-order valence-electron chi connectivity index (χ0n) is 15.9. The van der Waals surface area contributed by atoms with E-state index in [1.54, 1.807) is 12.1 Å². The van der Waals surface area contributed by atoms with Gasteiger partial charge in [0.2, 0.25) is 17.6 Å². The van der Waals surface area contributed by atoms with Crippen LogP contribution < -0.4 is 0 Å². The zero-order chi connectivity index (χ0) is 19.7. The van der Waals surface area contributed by atoms with Crippen molar-refractivity contribution in [2.24, 2.45) is 0 Å². The number of likely N-dealkylation sites (tertiary alicyclic amines) is 1.